The first-order chi connectivity index (χ1) is 9.65. The molecule has 0 saturated heterocycles. The number of hydrogen-bond donors (Lipinski definition) is 2. The summed E-state index contributed by atoms with van der Waals surface area (Å²) in [6, 6.07) is 15.8. The molecule has 0 aliphatic carbocycles. The first-order valence-corrected chi connectivity index (χ1v) is 6.85. The smallest absolute Gasteiger partial charge is 0.115 e. The van der Waals surface area contributed by atoms with Crippen LogP contribution in [0.1, 0.15) is 16.7 Å². The van der Waals surface area contributed by atoms with E-state index in [4.69, 9.17) is 0 Å². The standard InChI is InChI=1S/C17H22N2O/c1-19(2)13-16-8-4-3-7-15(16)12-18-11-14-6-5-9-17(20)10-14/h3-10,18,20H,11-13H2,1-2H3. The van der Waals surface area contributed by atoms with Crippen molar-refractivity contribution in [2.75, 3.05) is 14.1 Å². The number of phenolic OH excluding ortho intramolecular Hbond substituents is 1. The lowest BCUT2D eigenvalue weighted by molar-refractivity contribution is 0.400. The number of nitrogens with one attached hydrogen (secondary N) is 1. The summed E-state index contributed by atoms with van der Waals surface area (Å²) in [5, 5.41) is 12.9. The Balaban J connectivity index is 1.94. The maximum absolute atomic E-state index is 9.44. The average Bonchev–Trinajstić information content (AvgIpc) is 2.40. The van der Waals surface area contributed by atoms with Gasteiger partial charge in [-0.05, 0) is 42.9 Å². The zero-order valence-corrected chi connectivity index (χ0v) is 12.1. The molecule has 2 rings (SSSR count). The second kappa shape index (κ2) is 7.08. The lowest BCUT2D eigenvalue weighted by Gasteiger charge is -2.14. The van der Waals surface area contributed by atoms with E-state index in [1.54, 1.807) is 12.1 Å². The molecule has 0 amide bonds. The molecule has 0 fully saturated rings. The summed E-state index contributed by atoms with van der Waals surface area (Å²) in [5.74, 6) is 0.317. The molecule has 0 bridgehead atoms. The van der Waals surface area contributed by atoms with Gasteiger partial charge in [0, 0.05) is 19.6 Å². The highest BCUT2D eigenvalue weighted by Gasteiger charge is 2.03. The van der Waals surface area contributed by atoms with Crippen LogP contribution in [0.2, 0.25) is 0 Å². The van der Waals surface area contributed by atoms with Crippen LogP contribution in [0, 0.1) is 0 Å². The maximum Gasteiger partial charge on any atom is 0.115 e. The molecule has 0 unspecified atom stereocenters. The summed E-state index contributed by atoms with van der Waals surface area (Å²) in [6.07, 6.45) is 0. The van der Waals surface area contributed by atoms with Gasteiger partial charge in [-0.1, -0.05) is 36.4 Å². The minimum absolute atomic E-state index is 0.317. The SMILES string of the molecule is CN(C)Cc1ccccc1CNCc1cccc(O)c1. The lowest BCUT2D eigenvalue weighted by atomic mass is 10.1. The van der Waals surface area contributed by atoms with E-state index >= 15 is 0 Å². The molecule has 0 aliphatic rings. The van der Waals surface area contributed by atoms with Gasteiger partial charge in [-0.3, -0.25) is 0 Å². The molecule has 0 spiro atoms. The molecule has 3 heteroatoms. The van der Waals surface area contributed by atoms with Crippen molar-refractivity contribution in [3.05, 3.63) is 65.2 Å². The van der Waals surface area contributed by atoms with Crippen molar-refractivity contribution in [3.63, 3.8) is 0 Å². The molecule has 0 aromatic heterocycles. The Bertz CT molecular complexity index is 552. The van der Waals surface area contributed by atoms with Crippen LogP contribution in [0.15, 0.2) is 48.5 Å². The van der Waals surface area contributed by atoms with Gasteiger partial charge in [0.2, 0.25) is 0 Å². The van der Waals surface area contributed by atoms with Gasteiger partial charge in [0.05, 0.1) is 0 Å². The highest BCUT2D eigenvalue weighted by molar-refractivity contribution is 5.28. The van der Waals surface area contributed by atoms with Crippen LogP contribution >= 0.6 is 0 Å². The number of nitrogens with zero attached hydrogens (tertiary/aromatic N) is 1. The van der Waals surface area contributed by atoms with Crippen molar-refractivity contribution in [1.29, 1.82) is 0 Å². The topological polar surface area (TPSA) is 35.5 Å². The Morgan fingerprint density at radius 1 is 0.950 bits per heavy atom. The molecule has 2 aromatic carbocycles. The Hall–Kier alpha value is -1.84. The van der Waals surface area contributed by atoms with Crippen molar-refractivity contribution >= 4 is 0 Å². The third-order valence-corrected chi connectivity index (χ3v) is 3.16. The van der Waals surface area contributed by atoms with Gasteiger partial charge in [-0.25, -0.2) is 0 Å². The van der Waals surface area contributed by atoms with E-state index in [2.05, 4.69) is 48.6 Å². The molecular weight excluding hydrogens is 248 g/mol. The van der Waals surface area contributed by atoms with E-state index in [9.17, 15) is 5.11 Å². The number of benzene rings is 2. The summed E-state index contributed by atoms with van der Waals surface area (Å²) in [6.45, 7) is 2.54. The summed E-state index contributed by atoms with van der Waals surface area (Å²) in [4.78, 5) is 2.17. The number of rotatable bonds is 6. The van der Waals surface area contributed by atoms with Gasteiger partial charge in [-0.15, -0.1) is 0 Å². The Morgan fingerprint density at radius 2 is 1.70 bits per heavy atom. The summed E-state index contributed by atoms with van der Waals surface area (Å²) < 4.78 is 0. The van der Waals surface area contributed by atoms with Crippen molar-refractivity contribution in [1.82, 2.24) is 10.2 Å². The summed E-state index contributed by atoms with van der Waals surface area (Å²) in [5.41, 5.74) is 3.76. The van der Waals surface area contributed by atoms with E-state index in [-0.39, 0.29) is 0 Å². The van der Waals surface area contributed by atoms with Crippen molar-refractivity contribution in [2.45, 2.75) is 19.6 Å². The van der Waals surface area contributed by atoms with Crippen molar-refractivity contribution in [3.8, 4) is 5.75 Å². The van der Waals surface area contributed by atoms with E-state index in [1.165, 1.54) is 11.1 Å². The van der Waals surface area contributed by atoms with Crippen LogP contribution in [-0.2, 0) is 19.6 Å². The van der Waals surface area contributed by atoms with E-state index < -0.39 is 0 Å². The van der Waals surface area contributed by atoms with Crippen LogP contribution in [0.3, 0.4) is 0 Å². The first kappa shape index (κ1) is 14.6. The molecule has 0 saturated carbocycles. The van der Waals surface area contributed by atoms with Crippen LogP contribution in [0.4, 0.5) is 0 Å². The third-order valence-electron chi connectivity index (χ3n) is 3.16. The second-order valence-corrected chi connectivity index (χ2v) is 5.28. The molecule has 106 valence electrons. The Kier molecular flexibility index (Phi) is 5.16. The van der Waals surface area contributed by atoms with Crippen LogP contribution in [0.25, 0.3) is 0 Å². The Labute approximate surface area is 120 Å². The predicted octanol–water partition coefficient (Wildman–Crippen LogP) is 2.74. The van der Waals surface area contributed by atoms with Crippen LogP contribution in [0.5, 0.6) is 5.75 Å². The average molecular weight is 270 g/mol. The third kappa shape index (κ3) is 4.37. The summed E-state index contributed by atoms with van der Waals surface area (Å²) >= 11 is 0. The molecule has 0 radical (unpaired) electrons. The van der Waals surface area contributed by atoms with Gasteiger partial charge >= 0.3 is 0 Å². The van der Waals surface area contributed by atoms with Gasteiger partial charge in [0.25, 0.3) is 0 Å². The van der Waals surface area contributed by atoms with E-state index in [1.807, 2.05) is 12.1 Å². The zero-order chi connectivity index (χ0) is 14.4. The fourth-order valence-electron chi connectivity index (χ4n) is 2.23. The molecule has 0 heterocycles. The monoisotopic (exact) mass is 270 g/mol. The second-order valence-electron chi connectivity index (χ2n) is 5.28. The van der Waals surface area contributed by atoms with Gasteiger partial charge in [0.1, 0.15) is 5.75 Å². The number of phenols is 1. The molecule has 2 aromatic rings. The highest BCUT2D eigenvalue weighted by Crippen LogP contribution is 2.12. The molecule has 3 nitrogen and oxygen atoms in total. The maximum atomic E-state index is 9.44. The number of hydrogen-bond acceptors (Lipinski definition) is 3. The predicted molar refractivity (Wildman–Crippen MR) is 82.5 cm³/mol. The normalized spacial score (nSPS) is 10.9. The van der Waals surface area contributed by atoms with Crippen molar-refractivity contribution < 1.29 is 5.11 Å². The summed E-state index contributed by atoms with van der Waals surface area (Å²) in [7, 11) is 4.16. The largest absolute Gasteiger partial charge is 0.508 e. The minimum atomic E-state index is 0.317. The van der Waals surface area contributed by atoms with Gasteiger partial charge in [0.15, 0.2) is 0 Å². The quantitative estimate of drug-likeness (QED) is 0.847. The molecule has 20 heavy (non-hydrogen) atoms. The van der Waals surface area contributed by atoms with Crippen molar-refractivity contribution in [2.24, 2.45) is 0 Å². The fraction of sp³-hybridized carbons (Fsp3) is 0.294. The first-order valence-electron chi connectivity index (χ1n) is 6.85. The molecule has 0 atom stereocenters. The van der Waals surface area contributed by atoms with E-state index in [0.29, 0.717) is 5.75 Å². The van der Waals surface area contributed by atoms with E-state index in [0.717, 1.165) is 25.2 Å². The Morgan fingerprint density at radius 3 is 2.40 bits per heavy atom. The van der Waals surface area contributed by atoms with Crippen LogP contribution in [-0.4, -0.2) is 24.1 Å². The van der Waals surface area contributed by atoms with Gasteiger partial charge < -0.3 is 15.3 Å². The fourth-order valence-corrected chi connectivity index (χ4v) is 2.23. The van der Waals surface area contributed by atoms with Gasteiger partial charge in [-0.2, -0.15) is 0 Å². The molecular formula is C17H22N2O. The number of aromatic hydroxyl groups is 1. The highest BCUT2D eigenvalue weighted by atomic mass is 16.3. The van der Waals surface area contributed by atoms with Crippen LogP contribution < -0.4 is 5.32 Å². The molecule has 2 N–H and O–H groups in total. The molecule has 0 aliphatic heterocycles. The minimum Gasteiger partial charge on any atom is -0.508 e. The zero-order valence-electron chi connectivity index (χ0n) is 12.1. The lowest BCUT2D eigenvalue weighted by Crippen LogP contribution is -2.17.